The van der Waals surface area contributed by atoms with Crippen molar-refractivity contribution in [3.05, 3.63) is 0 Å². The lowest BCUT2D eigenvalue weighted by molar-refractivity contribution is 0.387. The van der Waals surface area contributed by atoms with Crippen LogP contribution in [0, 0.1) is 5.92 Å². The maximum atomic E-state index is 11.2. The molecule has 0 amide bonds. The Balaban J connectivity index is 2.09. The second-order valence-electron chi connectivity index (χ2n) is 5.51. The fourth-order valence-corrected chi connectivity index (χ4v) is 3.58. The summed E-state index contributed by atoms with van der Waals surface area (Å²) in [6, 6.07) is 1.24. The summed E-state index contributed by atoms with van der Waals surface area (Å²) in [5, 5.41) is 3.68. The highest BCUT2D eigenvalue weighted by Gasteiger charge is 2.18. The Hall–Kier alpha value is 0.110. The lowest BCUT2D eigenvalue weighted by Crippen LogP contribution is -2.40. The van der Waals surface area contributed by atoms with Gasteiger partial charge in [-0.15, -0.1) is 0 Å². The molecule has 1 rings (SSSR count). The summed E-state index contributed by atoms with van der Waals surface area (Å²) >= 11 is 0. The lowest BCUT2D eigenvalue weighted by atomic mass is 10.0. The zero-order chi connectivity index (χ0) is 12.0. The first kappa shape index (κ1) is 14.2. The van der Waals surface area contributed by atoms with Gasteiger partial charge < -0.3 is 5.32 Å². The predicted molar refractivity (Wildman–Crippen MR) is 72.2 cm³/mol. The molecule has 1 saturated heterocycles. The molecule has 1 fully saturated rings. The van der Waals surface area contributed by atoms with Crippen molar-refractivity contribution < 1.29 is 4.21 Å². The first-order valence-electron chi connectivity index (χ1n) is 6.69. The monoisotopic (exact) mass is 245 g/mol. The Morgan fingerprint density at radius 3 is 2.38 bits per heavy atom. The molecule has 16 heavy (non-hydrogen) atoms. The first-order valence-corrected chi connectivity index (χ1v) is 8.17. The molecule has 0 aliphatic carbocycles. The Labute approximate surface area is 103 Å². The molecule has 0 saturated carbocycles. The van der Waals surface area contributed by atoms with Gasteiger partial charge in [0, 0.05) is 34.4 Å². The van der Waals surface area contributed by atoms with Crippen molar-refractivity contribution in [1.82, 2.24) is 5.32 Å². The summed E-state index contributed by atoms with van der Waals surface area (Å²) in [5.74, 6) is 2.62. The van der Waals surface area contributed by atoms with Gasteiger partial charge in [-0.1, -0.05) is 26.7 Å². The number of nitrogens with one attached hydrogen (secondary N) is 1. The third-order valence-electron chi connectivity index (χ3n) is 3.33. The molecule has 1 heterocycles. The Morgan fingerprint density at radius 2 is 1.81 bits per heavy atom. The van der Waals surface area contributed by atoms with Crippen LogP contribution in [-0.4, -0.2) is 27.8 Å². The van der Waals surface area contributed by atoms with E-state index in [1.54, 1.807) is 0 Å². The van der Waals surface area contributed by atoms with E-state index in [2.05, 4.69) is 26.1 Å². The Kier molecular flexibility index (Phi) is 6.59. The minimum Gasteiger partial charge on any atom is -0.311 e. The summed E-state index contributed by atoms with van der Waals surface area (Å²) in [7, 11) is -0.527. The van der Waals surface area contributed by atoms with E-state index in [1.807, 2.05) is 0 Å². The molecule has 0 bridgehead atoms. The smallest absolute Gasteiger partial charge is 0.0249 e. The zero-order valence-corrected chi connectivity index (χ0v) is 11.8. The highest BCUT2D eigenvalue weighted by molar-refractivity contribution is 7.85. The van der Waals surface area contributed by atoms with Crippen LogP contribution in [-0.2, 0) is 10.8 Å². The van der Waals surface area contributed by atoms with E-state index in [1.165, 1.54) is 19.3 Å². The van der Waals surface area contributed by atoms with Crippen molar-refractivity contribution in [2.45, 2.75) is 65.0 Å². The molecule has 2 nitrogen and oxygen atoms in total. The molecule has 3 heteroatoms. The average Bonchev–Trinajstić information content (AvgIpc) is 2.21. The third kappa shape index (κ3) is 6.00. The van der Waals surface area contributed by atoms with E-state index >= 15 is 0 Å². The largest absolute Gasteiger partial charge is 0.311 e. The molecule has 1 atom stereocenters. The van der Waals surface area contributed by atoms with Gasteiger partial charge in [-0.05, 0) is 32.1 Å². The van der Waals surface area contributed by atoms with Gasteiger partial charge in [0.05, 0.1) is 0 Å². The van der Waals surface area contributed by atoms with E-state index in [4.69, 9.17) is 0 Å². The van der Waals surface area contributed by atoms with Gasteiger partial charge in [0.1, 0.15) is 0 Å². The lowest BCUT2D eigenvalue weighted by Gasteiger charge is -2.26. The van der Waals surface area contributed by atoms with E-state index < -0.39 is 10.8 Å². The summed E-state index contributed by atoms with van der Waals surface area (Å²) in [6.45, 7) is 6.86. The molecule has 1 aliphatic heterocycles. The Morgan fingerprint density at radius 1 is 1.19 bits per heavy atom. The summed E-state index contributed by atoms with van der Waals surface area (Å²) in [6.07, 6.45) is 6.13. The maximum absolute atomic E-state index is 11.2. The van der Waals surface area contributed by atoms with Gasteiger partial charge in [-0.2, -0.15) is 0 Å². The van der Waals surface area contributed by atoms with Crippen LogP contribution in [0.1, 0.15) is 52.9 Å². The molecule has 0 aromatic heterocycles. The van der Waals surface area contributed by atoms with Crippen molar-refractivity contribution in [3.63, 3.8) is 0 Å². The topological polar surface area (TPSA) is 29.1 Å². The predicted octanol–water partition coefficient (Wildman–Crippen LogP) is 2.70. The summed E-state index contributed by atoms with van der Waals surface area (Å²) in [5.41, 5.74) is 0. The Bertz CT molecular complexity index is 208. The normalized spacial score (nSPS) is 28.2. The fourth-order valence-electron chi connectivity index (χ4n) is 2.28. The van der Waals surface area contributed by atoms with Crippen molar-refractivity contribution in [3.8, 4) is 0 Å². The fraction of sp³-hybridized carbons (Fsp3) is 1.00. The quantitative estimate of drug-likeness (QED) is 0.779. The molecular weight excluding hydrogens is 218 g/mol. The van der Waals surface area contributed by atoms with Gasteiger partial charge in [-0.3, -0.25) is 4.21 Å². The number of rotatable bonds is 6. The minimum absolute atomic E-state index is 0.527. The van der Waals surface area contributed by atoms with Gasteiger partial charge in [0.2, 0.25) is 0 Å². The van der Waals surface area contributed by atoms with Crippen LogP contribution in [0.2, 0.25) is 0 Å². The van der Waals surface area contributed by atoms with Crippen LogP contribution in [0.4, 0.5) is 0 Å². The molecule has 1 N–H and O–H groups in total. The zero-order valence-electron chi connectivity index (χ0n) is 11.0. The third-order valence-corrected chi connectivity index (χ3v) is 4.71. The van der Waals surface area contributed by atoms with E-state index in [0.29, 0.717) is 12.1 Å². The molecule has 1 unspecified atom stereocenters. The van der Waals surface area contributed by atoms with E-state index in [-0.39, 0.29) is 0 Å². The van der Waals surface area contributed by atoms with Crippen molar-refractivity contribution in [2.24, 2.45) is 5.92 Å². The minimum atomic E-state index is -0.527. The second-order valence-corrected chi connectivity index (χ2v) is 7.21. The van der Waals surface area contributed by atoms with Crippen LogP contribution in [0.3, 0.4) is 0 Å². The van der Waals surface area contributed by atoms with Crippen molar-refractivity contribution in [1.29, 1.82) is 0 Å². The molecule has 96 valence electrons. The highest BCUT2D eigenvalue weighted by Crippen LogP contribution is 2.13. The standard InChI is InChI=1S/C13H27NOS/c1-11(2)5-4-6-12(3)14-13-7-9-16(15)10-8-13/h11-14H,4-10H2,1-3H3. The SMILES string of the molecule is CC(C)CCCC(C)NC1CCS(=O)CC1. The molecule has 0 spiro atoms. The van der Waals surface area contributed by atoms with Crippen molar-refractivity contribution >= 4 is 10.8 Å². The van der Waals surface area contributed by atoms with Gasteiger partial charge in [0.15, 0.2) is 0 Å². The highest BCUT2D eigenvalue weighted by atomic mass is 32.2. The summed E-state index contributed by atoms with van der Waals surface area (Å²) < 4.78 is 11.2. The average molecular weight is 245 g/mol. The molecule has 0 aromatic rings. The van der Waals surface area contributed by atoms with Crippen LogP contribution >= 0.6 is 0 Å². The van der Waals surface area contributed by atoms with E-state index in [9.17, 15) is 4.21 Å². The van der Waals surface area contributed by atoms with Crippen LogP contribution < -0.4 is 5.32 Å². The number of hydrogen-bond donors (Lipinski definition) is 1. The van der Waals surface area contributed by atoms with Crippen LogP contribution in [0.25, 0.3) is 0 Å². The van der Waals surface area contributed by atoms with E-state index in [0.717, 1.165) is 30.3 Å². The van der Waals surface area contributed by atoms with Crippen LogP contribution in [0.5, 0.6) is 0 Å². The first-order chi connectivity index (χ1) is 7.58. The molecule has 0 radical (unpaired) electrons. The van der Waals surface area contributed by atoms with Crippen molar-refractivity contribution in [2.75, 3.05) is 11.5 Å². The number of hydrogen-bond acceptors (Lipinski definition) is 2. The second kappa shape index (κ2) is 7.44. The van der Waals surface area contributed by atoms with Crippen LogP contribution in [0.15, 0.2) is 0 Å². The van der Waals surface area contributed by atoms with Gasteiger partial charge in [0.25, 0.3) is 0 Å². The molecule has 1 aliphatic rings. The molecular formula is C13H27NOS. The summed E-state index contributed by atoms with van der Waals surface area (Å²) in [4.78, 5) is 0. The molecule has 0 aromatic carbocycles. The maximum Gasteiger partial charge on any atom is 0.0249 e. The van der Waals surface area contributed by atoms with Gasteiger partial charge >= 0.3 is 0 Å². The van der Waals surface area contributed by atoms with Gasteiger partial charge in [-0.25, -0.2) is 0 Å².